The summed E-state index contributed by atoms with van der Waals surface area (Å²) in [5.41, 5.74) is 10.1. The van der Waals surface area contributed by atoms with Crippen molar-refractivity contribution < 1.29 is 9.59 Å². The molecule has 0 radical (unpaired) electrons. The van der Waals surface area contributed by atoms with Crippen LogP contribution in [0.1, 0.15) is 32.6 Å². The van der Waals surface area contributed by atoms with E-state index in [1.54, 1.807) is 0 Å². The van der Waals surface area contributed by atoms with Crippen molar-refractivity contribution in [3.63, 3.8) is 0 Å². The highest BCUT2D eigenvalue weighted by atomic mass is 16.2. The lowest BCUT2D eigenvalue weighted by molar-refractivity contribution is -0.137. The highest BCUT2D eigenvalue weighted by Gasteiger charge is 2.16. The highest BCUT2D eigenvalue weighted by Crippen LogP contribution is 2.00. The second kappa shape index (κ2) is 5.85. The van der Waals surface area contributed by atoms with Crippen LogP contribution < -0.4 is 11.5 Å². The van der Waals surface area contributed by atoms with E-state index in [1.165, 1.54) is 0 Å². The molecular weight excluding hydrogens is 156 g/mol. The molecule has 0 aliphatic carbocycles. The maximum atomic E-state index is 10.9. The van der Waals surface area contributed by atoms with E-state index in [9.17, 15) is 9.59 Å². The monoisotopic (exact) mass is 172 g/mol. The van der Waals surface area contributed by atoms with Gasteiger partial charge in [-0.3, -0.25) is 9.59 Å². The van der Waals surface area contributed by atoms with E-state index >= 15 is 0 Å². The van der Waals surface area contributed by atoms with Crippen molar-refractivity contribution in [3.05, 3.63) is 0 Å². The van der Waals surface area contributed by atoms with Crippen molar-refractivity contribution >= 4 is 11.6 Å². The van der Waals surface area contributed by atoms with Crippen LogP contribution >= 0.6 is 0 Å². The van der Waals surface area contributed by atoms with Gasteiger partial charge in [-0.2, -0.15) is 0 Å². The summed E-state index contributed by atoms with van der Waals surface area (Å²) in [5, 5.41) is 0. The molecule has 0 amide bonds. The summed E-state index contributed by atoms with van der Waals surface area (Å²) in [6.45, 7) is 2.03. The molecule has 0 fully saturated rings. The summed E-state index contributed by atoms with van der Waals surface area (Å²) < 4.78 is 0. The summed E-state index contributed by atoms with van der Waals surface area (Å²) in [6.07, 6.45) is 1.86. The minimum atomic E-state index is -1.14. The molecule has 0 aliphatic rings. The number of Topliss-reactive ketones (excluding diaryl/α,β-unsaturated/α-hetero) is 2. The van der Waals surface area contributed by atoms with Crippen LogP contribution in [0.3, 0.4) is 0 Å². The summed E-state index contributed by atoms with van der Waals surface area (Å²) in [4.78, 5) is 21.8. The molecule has 0 spiro atoms. The molecule has 0 atom stereocenters. The predicted molar refractivity (Wildman–Crippen MR) is 46.3 cm³/mol. The van der Waals surface area contributed by atoms with Gasteiger partial charge in [0.2, 0.25) is 11.6 Å². The number of carbonyl (C=O) groups is 2. The van der Waals surface area contributed by atoms with Crippen LogP contribution in [0.15, 0.2) is 0 Å². The zero-order chi connectivity index (χ0) is 9.56. The third-order valence-electron chi connectivity index (χ3n) is 1.58. The van der Waals surface area contributed by atoms with E-state index in [-0.39, 0.29) is 6.42 Å². The molecule has 70 valence electrons. The van der Waals surface area contributed by atoms with Gasteiger partial charge in [-0.05, 0) is 6.42 Å². The molecule has 0 aromatic heterocycles. The molecule has 0 bridgehead atoms. The van der Waals surface area contributed by atoms with E-state index in [4.69, 9.17) is 11.5 Å². The van der Waals surface area contributed by atoms with Gasteiger partial charge in [-0.15, -0.1) is 0 Å². The van der Waals surface area contributed by atoms with Gasteiger partial charge < -0.3 is 11.5 Å². The molecule has 12 heavy (non-hydrogen) atoms. The lowest BCUT2D eigenvalue weighted by Crippen LogP contribution is -2.43. The zero-order valence-electron chi connectivity index (χ0n) is 7.38. The lowest BCUT2D eigenvalue weighted by Gasteiger charge is -2.02. The fraction of sp³-hybridized carbons (Fsp3) is 0.750. The van der Waals surface area contributed by atoms with Crippen LogP contribution in [-0.4, -0.2) is 17.7 Å². The maximum Gasteiger partial charge on any atom is 0.229 e. The fourth-order valence-corrected chi connectivity index (χ4v) is 0.845. The minimum absolute atomic E-state index is 0.275. The number of nitrogens with two attached hydrogens (primary N) is 2. The molecule has 0 saturated carbocycles. The van der Waals surface area contributed by atoms with Gasteiger partial charge in [0, 0.05) is 6.42 Å². The third kappa shape index (κ3) is 4.20. The van der Waals surface area contributed by atoms with E-state index in [0.29, 0.717) is 0 Å². The number of hydrogen-bond donors (Lipinski definition) is 2. The first-order chi connectivity index (χ1) is 5.59. The van der Waals surface area contributed by atoms with Gasteiger partial charge in [0.05, 0.1) is 0 Å². The molecule has 4 N–H and O–H groups in total. The average Bonchev–Trinajstić information content (AvgIpc) is 2.03. The van der Waals surface area contributed by atoms with Crippen LogP contribution in [0.2, 0.25) is 0 Å². The van der Waals surface area contributed by atoms with Crippen molar-refractivity contribution in [2.75, 3.05) is 0 Å². The Morgan fingerprint density at radius 2 is 1.83 bits per heavy atom. The van der Waals surface area contributed by atoms with Crippen LogP contribution in [0.5, 0.6) is 0 Å². The number of rotatable bonds is 6. The number of unbranched alkanes of at least 4 members (excludes halogenated alkanes) is 2. The zero-order valence-corrected chi connectivity index (χ0v) is 7.38. The van der Waals surface area contributed by atoms with E-state index in [0.717, 1.165) is 19.3 Å². The number of ketones is 2. The number of hydrogen-bond acceptors (Lipinski definition) is 4. The summed E-state index contributed by atoms with van der Waals surface area (Å²) in [7, 11) is 0. The summed E-state index contributed by atoms with van der Waals surface area (Å²) >= 11 is 0. The lowest BCUT2D eigenvalue weighted by atomic mass is 10.1. The molecular formula is C8H16N2O2. The smallest absolute Gasteiger partial charge is 0.229 e. The Bertz CT molecular complexity index is 166. The molecule has 0 aromatic carbocycles. The molecule has 0 aliphatic heterocycles. The number of carbonyl (C=O) groups excluding carboxylic acids is 2. The van der Waals surface area contributed by atoms with Gasteiger partial charge in [0.15, 0.2) is 0 Å². The first-order valence-electron chi connectivity index (χ1n) is 4.17. The van der Waals surface area contributed by atoms with Crippen molar-refractivity contribution in [3.8, 4) is 0 Å². The van der Waals surface area contributed by atoms with Crippen molar-refractivity contribution in [2.24, 2.45) is 11.5 Å². The molecule has 0 saturated heterocycles. The van der Waals surface area contributed by atoms with E-state index in [2.05, 4.69) is 0 Å². The molecule has 4 nitrogen and oxygen atoms in total. The van der Waals surface area contributed by atoms with Crippen LogP contribution in [0, 0.1) is 0 Å². The molecule has 0 rings (SSSR count). The molecule has 0 heterocycles. The van der Waals surface area contributed by atoms with Gasteiger partial charge in [-0.25, -0.2) is 0 Å². The molecule has 0 aromatic rings. The Balaban J connectivity index is 3.65. The maximum absolute atomic E-state index is 10.9. The largest absolute Gasteiger partial charge is 0.309 e. The van der Waals surface area contributed by atoms with Crippen LogP contribution in [0.25, 0.3) is 0 Å². The van der Waals surface area contributed by atoms with Crippen LogP contribution in [-0.2, 0) is 9.59 Å². The summed E-state index contributed by atoms with van der Waals surface area (Å²) in [6, 6.07) is 0. The Morgan fingerprint density at radius 1 is 1.25 bits per heavy atom. The average molecular weight is 172 g/mol. The van der Waals surface area contributed by atoms with Crippen molar-refractivity contribution in [2.45, 2.75) is 38.8 Å². The minimum Gasteiger partial charge on any atom is -0.309 e. The van der Waals surface area contributed by atoms with E-state index < -0.39 is 17.7 Å². The molecule has 0 unspecified atom stereocenters. The first kappa shape index (κ1) is 11.3. The van der Waals surface area contributed by atoms with Gasteiger partial charge in [-0.1, -0.05) is 19.8 Å². The highest BCUT2D eigenvalue weighted by molar-refractivity contribution is 6.38. The fourth-order valence-electron chi connectivity index (χ4n) is 0.845. The Kier molecular flexibility index (Phi) is 5.49. The Morgan fingerprint density at radius 3 is 2.25 bits per heavy atom. The topological polar surface area (TPSA) is 86.2 Å². The molecule has 4 heteroatoms. The quantitative estimate of drug-likeness (QED) is 0.334. The third-order valence-corrected chi connectivity index (χ3v) is 1.58. The first-order valence-corrected chi connectivity index (χ1v) is 4.17. The van der Waals surface area contributed by atoms with Gasteiger partial charge in [0.25, 0.3) is 0 Å². The van der Waals surface area contributed by atoms with E-state index in [1.807, 2.05) is 6.92 Å². The Hall–Kier alpha value is -0.740. The summed E-state index contributed by atoms with van der Waals surface area (Å²) in [5.74, 6) is -1.11. The van der Waals surface area contributed by atoms with Gasteiger partial charge in [0.1, 0.15) is 6.17 Å². The van der Waals surface area contributed by atoms with Crippen molar-refractivity contribution in [1.29, 1.82) is 0 Å². The second-order valence-electron chi connectivity index (χ2n) is 2.77. The Labute approximate surface area is 72.3 Å². The predicted octanol–water partition coefficient (Wildman–Crippen LogP) is -0.0516. The van der Waals surface area contributed by atoms with Crippen molar-refractivity contribution in [1.82, 2.24) is 0 Å². The standard InChI is InChI=1S/C8H16N2O2/c1-2-3-4-5-6(11)7(12)8(9)10/h8H,2-5,9-10H2,1H3. The SMILES string of the molecule is CCCCCC(=O)C(=O)C(N)N. The van der Waals surface area contributed by atoms with Crippen LogP contribution in [0.4, 0.5) is 0 Å². The normalized spacial score (nSPS) is 10.3. The van der Waals surface area contributed by atoms with Gasteiger partial charge >= 0.3 is 0 Å². The second-order valence-corrected chi connectivity index (χ2v) is 2.77.